The van der Waals surface area contributed by atoms with Crippen molar-refractivity contribution in [3.05, 3.63) is 21.9 Å². The number of aliphatic hydroxyl groups excluding tert-OH is 1. The summed E-state index contributed by atoms with van der Waals surface area (Å²) in [5.74, 6) is 0. The van der Waals surface area contributed by atoms with Crippen LogP contribution < -0.4 is 5.32 Å². The molecule has 0 saturated carbocycles. The number of aliphatic hydroxyl groups is 1. The van der Waals surface area contributed by atoms with Gasteiger partial charge in [-0.15, -0.1) is 11.3 Å². The standard InChI is InChI=1S/C11H19NOS/c1-8(12-7-9(2)13)6-11-5-4-10(3)14-11/h4-5,8-9,12-13H,6-7H2,1-3H3. The van der Waals surface area contributed by atoms with Crippen LogP contribution in [-0.4, -0.2) is 23.8 Å². The predicted octanol–water partition coefficient (Wildman–Crippen LogP) is 1.96. The molecule has 0 fully saturated rings. The smallest absolute Gasteiger partial charge is 0.0636 e. The summed E-state index contributed by atoms with van der Waals surface area (Å²) in [5.41, 5.74) is 0. The maximum Gasteiger partial charge on any atom is 0.0636 e. The molecule has 0 aliphatic heterocycles. The number of rotatable bonds is 5. The highest BCUT2D eigenvalue weighted by Gasteiger charge is 2.05. The molecule has 0 amide bonds. The lowest BCUT2D eigenvalue weighted by molar-refractivity contribution is 0.187. The molecule has 1 aromatic heterocycles. The van der Waals surface area contributed by atoms with E-state index in [1.54, 1.807) is 6.92 Å². The van der Waals surface area contributed by atoms with Gasteiger partial charge in [-0.25, -0.2) is 0 Å². The lowest BCUT2D eigenvalue weighted by Gasteiger charge is -2.13. The molecular formula is C11H19NOS. The van der Waals surface area contributed by atoms with Gasteiger partial charge in [-0.05, 0) is 39.3 Å². The number of thiophene rings is 1. The number of hydrogen-bond donors (Lipinski definition) is 2. The molecule has 80 valence electrons. The first-order chi connectivity index (χ1) is 6.58. The van der Waals surface area contributed by atoms with Gasteiger partial charge >= 0.3 is 0 Å². The zero-order chi connectivity index (χ0) is 10.6. The summed E-state index contributed by atoms with van der Waals surface area (Å²) in [6, 6.07) is 4.77. The van der Waals surface area contributed by atoms with E-state index >= 15 is 0 Å². The monoisotopic (exact) mass is 213 g/mol. The van der Waals surface area contributed by atoms with Gasteiger partial charge in [0.25, 0.3) is 0 Å². The van der Waals surface area contributed by atoms with E-state index in [1.807, 2.05) is 11.3 Å². The Balaban J connectivity index is 2.30. The Morgan fingerprint density at radius 2 is 2.14 bits per heavy atom. The van der Waals surface area contributed by atoms with E-state index in [2.05, 4.69) is 31.3 Å². The molecule has 1 aromatic rings. The van der Waals surface area contributed by atoms with Crippen molar-refractivity contribution < 1.29 is 5.11 Å². The van der Waals surface area contributed by atoms with E-state index in [4.69, 9.17) is 5.11 Å². The normalized spacial score (nSPS) is 15.4. The molecule has 2 atom stereocenters. The summed E-state index contributed by atoms with van der Waals surface area (Å²) in [5, 5.41) is 12.4. The number of aryl methyl sites for hydroxylation is 1. The molecule has 0 bridgehead atoms. The van der Waals surface area contributed by atoms with Gasteiger partial charge in [0.1, 0.15) is 0 Å². The van der Waals surface area contributed by atoms with Crippen LogP contribution in [0.3, 0.4) is 0 Å². The Hall–Kier alpha value is -0.380. The van der Waals surface area contributed by atoms with Crippen molar-refractivity contribution in [2.24, 2.45) is 0 Å². The minimum absolute atomic E-state index is 0.262. The zero-order valence-electron chi connectivity index (χ0n) is 9.08. The van der Waals surface area contributed by atoms with Crippen LogP contribution in [0, 0.1) is 6.92 Å². The quantitative estimate of drug-likeness (QED) is 0.783. The molecule has 0 aromatic carbocycles. The summed E-state index contributed by atoms with van der Waals surface area (Å²) in [6.07, 6.45) is 0.785. The van der Waals surface area contributed by atoms with E-state index in [-0.39, 0.29) is 6.10 Å². The average Bonchev–Trinajstić information content (AvgIpc) is 2.48. The van der Waals surface area contributed by atoms with Crippen molar-refractivity contribution in [3.63, 3.8) is 0 Å². The third-order valence-electron chi connectivity index (χ3n) is 2.07. The third-order valence-corrected chi connectivity index (χ3v) is 3.09. The number of nitrogens with one attached hydrogen (secondary N) is 1. The Kier molecular flexibility index (Phi) is 4.58. The first-order valence-corrected chi connectivity index (χ1v) is 5.86. The highest BCUT2D eigenvalue weighted by molar-refractivity contribution is 7.11. The summed E-state index contributed by atoms with van der Waals surface area (Å²) < 4.78 is 0. The molecule has 0 saturated heterocycles. The Bertz CT molecular complexity index is 270. The van der Waals surface area contributed by atoms with Gasteiger partial charge in [0, 0.05) is 22.3 Å². The van der Waals surface area contributed by atoms with Gasteiger partial charge in [-0.1, -0.05) is 0 Å². The highest BCUT2D eigenvalue weighted by atomic mass is 32.1. The molecule has 1 heterocycles. The van der Waals surface area contributed by atoms with Crippen LogP contribution >= 0.6 is 11.3 Å². The summed E-state index contributed by atoms with van der Waals surface area (Å²) >= 11 is 1.85. The van der Waals surface area contributed by atoms with Gasteiger partial charge in [0.15, 0.2) is 0 Å². The fraction of sp³-hybridized carbons (Fsp3) is 0.636. The zero-order valence-corrected chi connectivity index (χ0v) is 9.90. The second-order valence-electron chi connectivity index (χ2n) is 3.87. The average molecular weight is 213 g/mol. The van der Waals surface area contributed by atoms with E-state index in [9.17, 15) is 0 Å². The fourth-order valence-electron chi connectivity index (χ4n) is 1.34. The maximum atomic E-state index is 9.11. The molecule has 2 nitrogen and oxygen atoms in total. The van der Waals surface area contributed by atoms with E-state index in [1.165, 1.54) is 9.75 Å². The summed E-state index contributed by atoms with van der Waals surface area (Å²) in [7, 11) is 0. The van der Waals surface area contributed by atoms with Crippen molar-refractivity contribution >= 4 is 11.3 Å². The molecule has 14 heavy (non-hydrogen) atoms. The minimum atomic E-state index is -0.262. The predicted molar refractivity (Wildman–Crippen MR) is 61.9 cm³/mol. The van der Waals surface area contributed by atoms with Crippen molar-refractivity contribution in [1.29, 1.82) is 0 Å². The second kappa shape index (κ2) is 5.49. The molecule has 3 heteroatoms. The first kappa shape index (κ1) is 11.7. The van der Waals surface area contributed by atoms with Gasteiger partial charge in [-0.3, -0.25) is 0 Å². The molecule has 0 aliphatic rings. The van der Waals surface area contributed by atoms with Crippen LogP contribution in [0.1, 0.15) is 23.6 Å². The first-order valence-electron chi connectivity index (χ1n) is 5.04. The molecule has 1 rings (SSSR count). The van der Waals surface area contributed by atoms with E-state index < -0.39 is 0 Å². The lowest BCUT2D eigenvalue weighted by Crippen LogP contribution is -2.33. The van der Waals surface area contributed by atoms with Crippen LogP contribution in [0.4, 0.5) is 0 Å². The summed E-state index contributed by atoms with van der Waals surface area (Å²) in [6.45, 7) is 6.75. The Morgan fingerprint density at radius 3 is 2.64 bits per heavy atom. The van der Waals surface area contributed by atoms with Gasteiger partial charge < -0.3 is 10.4 Å². The van der Waals surface area contributed by atoms with Crippen LogP contribution in [0.2, 0.25) is 0 Å². The van der Waals surface area contributed by atoms with Crippen molar-refractivity contribution in [2.45, 2.75) is 39.3 Å². The lowest BCUT2D eigenvalue weighted by atomic mass is 10.2. The van der Waals surface area contributed by atoms with Gasteiger partial charge in [0.05, 0.1) is 6.10 Å². The molecule has 2 N–H and O–H groups in total. The third kappa shape index (κ3) is 4.22. The second-order valence-corrected chi connectivity index (χ2v) is 5.25. The Morgan fingerprint density at radius 1 is 1.43 bits per heavy atom. The SMILES string of the molecule is Cc1ccc(CC(C)NCC(C)O)s1. The fourth-order valence-corrected chi connectivity index (χ4v) is 2.36. The van der Waals surface area contributed by atoms with E-state index in [0.29, 0.717) is 12.6 Å². The van der Waals surface area contributed by atoms with Crippen LogP contribution in [0.5, 0.6) is 0 Å². The van der Waals surface area contributed by atoms with Crippen LogP contribution in [-0.2, 0) is 6.42 Å². The molecule has 0 spiro atoms. The molecule has 0 aliphatic carbocycles. The topological polar surface area (TPSA) is 32.3 Å². The van der Waals surface area contributed by atoms with Crippen molar-refractivity contribution in [3.8, 4) is 0 Å². The minimum Gasteiger partial charge on any atom is -0.392 e. The van der Waals surface area contributed by atoms with Crippen LogP contribution in [0.25, 0.3) is 0 Å². The van der Waals surface area contributed by atoms with Crippen molar-refractivity contribution in [2.75, 3.05) is 6.54 Å². The van der Waals surface area contributed by atoms with E-state index in [0.717, 1.165) is 6.42 Å². The number of hydrogen-bond acceptors (Lipinski definition) is 3. The van der Waals surface area contributed by atoms with Gasteiger partial charge in [0.2, 0.25) is 0 Å². The molecular weight excluding hydrogens is 194 g/mol. The molecule has 0 radical (unpaired) electrons. The maximum absolute atomic E-state index is 9.11. The van der Waals surface area contributed by atoms with Gasteiger partial charge in [-0.2, -0.15) is 0 Å². The molecule has 2 unspecified atom stereocenters. The highest BCUT2D eigenvalue weighted by Crippen LogP contribution is 2.16. The largest absolute Gasteiger partial charge is 0.392 e. The summed E-state index contributed by atoms with van der Waals surface area (Å²) in [4.78, 5) is 2.77. The van der Waals surface area contributed by atoms with Crippen molar-refractivity contribution in [1.82, 2.24) is 5.32 Å². The van der Waals surface area contributed by atoms with Crippen LogP contribution in [0.15, 0.2) is 12.1 Å². The Labute approximate surface area is 90.0 Å².